The number of nitrogens with zero attached hydrogens (tertiary/aromatic N) is 2. The molecule has 1 N–H and O–H groups in total. The van der Waals surface area contributed by atoms with Crippen LogP contribution in [0.25, 0.3) is 11.0 Å². The van der Waals surface area contributed by atoms with Gasteiger partial charge in [-0.25, -0.2) is 4.98 Å². The summed E-state index contributed by atoms with van der Waals surface area (Å²) in [5.74, 6) is 0.897. The predicted molar refractivity (Wildman–Crippen MR) is 110 cm³/mol. The van der Waals surface area contributed by atoms with E-state index in [1.807, 2.05) is 60.4 Å². The zero-order valence-electron chi connectivity index (χ0n) is 15.8. The zero-order valence-corrected chi connectivity index (χ0v) is 16.6. The Morgan fingerprint density at radius 3 is 2.79 bits per heavy atom. The first-order chi connectivity index (χ1) is 13.7. The molecule has 1 unspecified atom stereocenters. The van der Waals surface area contributed by atoms with E-state index in [1.165, 1.54) is 11.8 Å². The molecule has 4 rings (SSSR count). The number of thioether (sulfide) groups is 1. The molecule has 7 heteroatoms. The van der Waals surface area contributed by atoms with Crippen molar-refractivity contribution in [1.29, 1.82) is 0 Å². The molecule has 0 saturated carbocycles. The minimum atomic E-state index is -0.355. The van der Waals surface area contributed by atoms with Crippen molar-refractivity contribution in [2.75, 3.05) is 32.9 Å². The summed E-state index contributed by atoms with van der Waals surface area (Å²) in [5, 5.41) is 0.366. The Hall–Kier alpha value is -2.51. The maximum Gasteiger partial charge on any atom is 0.240 e. The highest BCUT2D eigenvalue weighted by atomic mass is 32.2. The van der Waals surface area contributed by atoms with E-state index in [1.54, 1.807) is 0 Å². The van der Waals surface area contributed by atoms with Gasteiger partial charge in [0.25, 0.3) is 0 Å². The average molecular weight is 398 g/mol. The SMILES string of the molecule is CCOc1ccc2nc(SC(C(=O)N3CCOCC3)c3ccccc3)[nH]c2c1. The Kier molecular flexibility index (Phi) is 5.83. The standard InChI is InChI=1S/C21H23N3O3S/c1-2-27-16-8-9-17-18(14-16)23-21(22-17)28-19(15-6-4-3-5-7-15)20(25)24-10-12-26-13-11-24/h3-9,14,19H,2,10-13H2,1H3,(H,22,23). The van der Waals surface area contributed by atoms with Gasteiger partial charge in [-0.3, -0.25) is 4.79 Å². The molecule has 0 bridgehead atoms. The van der Waals surface area contributed by atoms with Gasteiger partial charge in [-0.15, -0.1) is 0 Å². The molecule has 1 atom stereocenters. The summed E-state index contributed by atoms with van der Waals surface area (Å²) in [4.78, 5) is 23.1. The van der Waals surface area contributed by atoms with Crippen LogP contribution in [0.1, 0.15) is 17.7 Å². The summed E-state index contributed by atoms with van der Waals surface area (Å²) >= 11 is 1.45. The summed E-state index contributed by atoms with van der Waals surface area (Å²) in [6.07, 6.45) is 0. The highest BCUT2D eigenvalue weighted by molar-refractivity contribution is 8.00. The zero-order chi connectivity index (χ0) is 19.3. The van der Waals surface area contributed by atoms with Crippen molar-refractivity contribution in [1.82, 2.24) is 14.9 Å². The summed E-state index contributed by atoms with van der Waals surface area (Å²) in [5.41, 5.74) is 2.73. The van der Waals surface area contributed by atoms with Crippen LogP contribution in [-0.4, -0.2) is 53.7 Å². The molecule has 0 radical (unpaired) electrons. The number of aromatic amines is 1. The molecule has 0 spiro atoms. The van der Waals surface area contributed by atoms with Crippen molar-refractivity contribution in [2.24, 2.45) is 0 Å². The molecular formula is C21H23N3O3S. The molecule has 1 saturated heterocycles. The number of amides is 1. The summed E-state index contributed by atoms with van der Waals surface area (Å²) < 4.78 is 11.0. The van der Waals surface area contributed by atoms with E-state index in [2.05, 4.69) is 9.97 Å². The first-order valence-electron chi connectivity index (χ1n) is 9.45. The number of hydrogen-bond donors (Lipinski definition) is 1. The van der Waals surface area contributed by atoms with Crippen LogP contribution in [0.15, 0.2) is 53.7 Å². The van der Waals surface area contributed by atoms with Gasteiger partial charge in [0.2, 0.25) is 5.91 Å². The Morgan fingerprint density at radius 2 is 2.04 bits per heavy atom. The molecule has 1 aromatic heterocycles. The number of ether oxygens (including phenoxy) is 2. The minimum absolute atomic E-state index is 0.0926. The van der Waals surface area contributed by atoms with Crippen LogP contribution in [0, 0.1) is 0 Å². The molecule has 1 aliphatic rings. The lowest BCUT2D eigenvalue weighted by molar-refractivity contribution is -0.134. The third-order valence-corrected chi connectivity index (χ3v) is 5.75. The third kappa shape index (κ3) is 4.15. The fourth-order valence-electron chi connectivity index (χ4n) is 3.23. The number of fused-ring (bicyclic) bond motifs is 1. The van der Waals surface area contributed by atoms with E-state index in [0.29, 0.717) is 32.9 Å². The average Bonchev–Trinajstić information content (AvgIpc) is 3.15. The number of aromatic nitrogens is 2. The van der Waals surface area contributed by atoms with Gasteiger partial charge in [0, 0.05) is 19.2 Å². The minimum Gasteiger partial charge on any atom is -0.494 e. The first kappa shape index (κ1) is 18.8. The maximum absolute atomic E-state index is 13.2. The van der Waals surface area contributed by atoms with Gasteiger partial charge >= 0.3 is 0 Å². The Labute approximate surface area is 168 Å². The Morgan fingerprint density at radius 1 is 1.25 bits per heavy atom. The van der Waals surface area contributed by atoms with Gasteiger partial charge < -0.3 is 19.4 Å². The number of carbonyl (C=O) groups excluding carboxylic acids is 1. The van der Waals surface area contributed by atoms with Gasteiger partial charge in [0.15, 0.2) is 5.16 Å². The molecular weight excluding hydrogens is 374 g/mol. The fourth-order valence-corrected chi connectivity index (χ4v) is 4.31. The molecule has 1 fully saturated rings. The second kappa shape index (κ2) is 8.67. The molecule has 2 aromatic carbocycles. The number of imidazole rings is 1. The summed E-state index contributed by atoms with van der Waals surface area (Å²) in [6.45, 7) is 5.00. The predicted octanol–water partition coefficient (Wildman–Crippen LogP) is 3.65. The maximum atomic E-state index is 13.2. The van der Waals surface area contributed by atoms with Crippen molar-refractivity contribution < 1.29 is 14.3 Å². The van der Waals surface area contributed by atoms with Crippen LogP contribution in [0.2, 0.25) is 0 Å². The van der Waals surface area contributed by atoms with E-state index in [4.69, 9.17) is 9.47 Å². The van der Waals surface area contributed by atoms with Gasteiger partial charge in [0.1, 0.15) is 11.0 Å². The lowest BCUT2D eigenvalue weighted by atomic mass is 10.1. The van der Waals surface area contributed by atoms with Gasteiger partial charge in [-0.1, -0.05) is 42.1 Å². The molecule has 6 nitrogen and oxygen atoms in total. The second-order valence-corrected chi connectivity index (χ2v) is 7.59. The normalized spacial score (nSPS) is 15.5. The summed E-state index contributed by atoms with van der Waals surface area (Å²) in [7, 11) is 0. The van der Waals surface area contributed by atoms with Crippen molar-refractivity contribution in [3.63, 3.8) is 0 Å². The molecule has 1 amide bonds. The van der Waals surface area contributed by atoms with Crippen LogP contribution in [-0.2, 0) is 9.53 Å². The molecule has 2 heterocycles. The van der Waals surface area contributed by atoms with E-state index >= 15 is 0 Å². The topological polar surface area (TPSA) is 67.4 Å². The fraction of sp³-hybridized carbons (Fsp3) is 0.333. The molecule has 146 valence electrons. The van der Waals surface area contributed by atoms with E-state index < -0.39 is 0 Å². The van der Waals surface area contributed by atoms with Gasteiger partial charge in [-0.05, 0) is 24.6 Å². The van der Waals surface area contributed by atoms with Crippen molar-refractivity contribution in [3.8, 4) is 5.75 Å². The van der Waals surface area contributed by atoms with E-state index in [9.17, 15) is 4.79 Å². The van der Waals surface area contributed by atoms with Crippen LogP contribution >= 0.6 is 11.8 Å². The van der Waals surface area contributed by atoms with Crippen LogP contribution < -0.4 is 4.74 Å². The lowest BCUT2D eigenvalue weighted by Crippen LogP contribution is -2.42. The highest BCUT2D eigenvalue weighted by Gasteiger charge is 2.29. The third-order valence-electron chi connectivity index (χ3n) is 4.62. The second-order valence-electron chi connectivity index (χ2n) is 6.50. The smallest absolute Gasteiger partial charge is 0.240 e. The van der Waals surface area contributed by atoms with Crippen molar-refractivity contribution in [2.45, 2.75) is 17.3 Å². The molecule has 28 heavy (non-hydrogen) atoms. The summed E-state index contributed by atoms with van der Waals surface area (Å²) in [6, 6.07) is 15.7. The highest BCUT2D eigenvalue weighted by Crippen LogP contribution is 2.36. The molecule has 1 aliphatic heterocycles. The van der Waals surface area contributed by atoms with Gasteiger partial charge in [-0.2, -0.15) is 0 Å². The number of morpholine rings is 1. The van der Waals surface area contributed by atoms with Crippen molar-refractivity contribution in [3.05, 3.63) is 54.1 Å². The molecule has 0 aliphatic carbocycles. The van der Waals surface area contributed by atoms with Crippen LogP contribution in [0.4, 0.5) is 0 Å². The molecule has 3 aromatic rings. The first-order valence-corrected chi connectivity index (χ1v) is 10.3. The largest absolute Gasteiger partial charge is 0.494 e. The quantitative estimate of drug-likeness (QED) is 0.643. The number of H-pyrrole nitrogens is 1. The Bertz CT molecular complexity index is 938. The number of rotatable bonds is 6. The van der Waals surface area contributed by atoms with E-state index in [-0.39, 0.29) is 11.2 Å². The number of nitrogens with one attached hydrogen (secondary N) is 1. The van der Waals surface area contributed by atoms with Crippen LogP contribution in [0.5, 0.6) is 5.75 Å². The lowest BCUT2D eigenvalue weighted by Gasteiger charge is -2.30. The van der Waals surface area contributed by atoms with E-state index in [0.717, 1.165) is 27.5 Å². The van der Waals surface area contributed by atoms with Gasteiger partial charge in [0.05, 0.1) is 30.9 Å². The number of carbonyl (C=O) groups is 1. The number of hydrogen-bond acceptors (Lipinski definition) is 5. The Balaban J connectivity index is 1.61. The van der Waals surface area contributed by atoms with Crippen molar-refractivity contribution >= 4 is 28.7 Å². The number of benzene rings is 2. The monoisotopic (exact) mass is 397 g/mol. The van der Waals surface area contributed by atoms with Crippen LogP contribution in [0.3, 0.4) is 0 Å².